The lowest BCUT2D eigenvalue weighted by molar-refractivity contribution is 0.0836. The summed E-state index contributed by atoms with van der Waals surface area (Å²) in [4.78, 5) is 14.1. The second-order valence-corrected chi connectivity index (χ2v) is 2.18. The Morgan fingerprint density at radius 1 is 1.67 bits per heavy atom. The number of hydrogen-bond donors (Lipinski definition) is 1. The molecule has 0 aliphatic heterocycles. The van der Waals surface area contributed by atoms with Crippen molar-refractivity contribution < 1.29 is 9.18 Å². The summed E-state index contributed by atoms with van der Waals surface area (Å²) >= 11 is 0. The highest BCUT2D eigenvalue weighted by atomic mass is 19.1. The SMILES string of the molecule is C=Cc1cc(C(=O)F)cc(N)n1. The van der Waals surface area contributed by atoms with Gasteiger partial charge >= 0.3 is 6.04 Å². The van der Waals surface area contributed by atoms with Crippen molar-refractivity contribution in [2.75, 3.05) is 5.73 Å². The molecule has 0 fully saturated rings. The lowest BCUT2D eigenvalue weighted by Crippen LogP contribution is -1.98. The van der Waals surface area contributed by atoms with Gasteiger partial charge in [0.15, 0.2) is 0 Å². The minimum absolute atomic E-state index is 0.0996. The van der Waals surface area contributed by atoms with E-state index in [0.717, 1.165) is 0 Å². The van der Waals surface area contributed by atoms with Crippen LogP contribution in [-0.4, -0.2) is 11.0 Å². The number of aromatic nitrogens is 1. The normalized spacial score (nSPS) is 9.42. The molecule has 0 radical (unpaired) electrons. The zero-order valence-electron chi connectivity index (χ0n) is 6.25. The summed E-state index contributed by atoms with van der Waals surface area (Å²) < 4.78 is 12.2. The zero-order valence-corrected chi connectivity index (χ0v) is 6.25. The van der Waals surface area contributed by atoms with E-state index in [-0.39, 0.29) is 11.4 Å². The Labute approximate surface area is 68.7 Å². The van der Waals surface area contributed by atoms with Crippen LogP contribution in [0.3, 0.4) is 0 Å². The molecule has 0 spiro atoms. The molecular weight excluding hydrogens is 159 g/mol. The van der Waals surface area contributed by atoms with Crippen molar-refractivity contribution in [1.82, 2.24) is 4.98 Å². The van der Waals surface area contributed by atoms with Crippen LogP contribution >= 0.6 is 0 Å². The second-order valence-electron chi connectivity index (χ2n) is 2.18. The maximum atomic E-state index is 12.2. The fourth-order valence-electron chi connectivity index (χ4n) is 0.792. The Balaban J connectivity index is 3.23. The van der Waals surface area contributed by atoms with Gasteiger partial charge in [0.25, 0.3) is 0 Å². The smallest absolute Gasteiger partial charge is 0.332 e. The van der Waals surface area contributed by atoms with Gasteiger partial charge in [-0.1, -0.05) is 6.58 Å². The van der Waals surface area contributed by atoms with E-state index < -0.39 is 6.04 Å². The maximum Gasteiger partial charge on any atom is 0.332 e. The molecule has 0 aliphatic rings. The molecule has 1 heterocycles. The number of nitrogen functional groups attached to an aromatic ring is 1. The predicted molar refractivity (Wildman–Crippen MR) is 44.2 cm³/mol. The molecule has 0 saturated heterocycles. The van der Waals surface area contributed by atoms with Crippen LogP contribution in [0.5, 0.6) is 0 Å². The molecule has 1 rings (SSSR count). The van der Waals surface area contributed by atoms with Crippen LogP contribution in [0.1, 0.15) is 16.1 Å². The molecule has 0 atom stereocenters. The predicted octanol–water partition coefficient (Wildman–Crippen LogP) is 1.42. The monoisotopic (exact) mass is 166 g/mol. The Morgan fingerprint density at radius 3 is 2.83 bits per heavy atom. The van der Waals surface area contributed by atoms with Crippen LogP contribution in [0, 0.1) is 0 Å². The minimum atomic E-state index is -1.52. The van der Waals surface area contributed by atoms with E-state index in [4.69, 9.17) is 5.73 Å². The highest BCUT2D eigenvalue weighted by Crippen LogP contribution is 2.09. The molecule has 0 amide bonds. The van der Waals surface area contributed by atoms with E-state index >= 15 is 0 Å². The van der Waals surface area contributed by atoms with E-state index in [9.17, 15) is 9.18 Å². The van der Waals surface area contributed by atoms with Crippen LogP contribution in [0.4, 0.5) is 10.2 Å². The lowest BCUT2D eigenvalue weighted by atomic mass is 10.2. The number of carbonyl (C=O) groups is 1. The van der Waals surface area contributed by atoms with Gasteiger partial charge in [-0.15, -0.1) is 0 Å². The van der Waals surface area contributed by atoms with Crippen LogP contribution in [0.25, 0.3) is 6.08 Å². The number of carbonyl (C=O) groups excluding carboxylic acids is 1. The molecule has 62 valence electrons. The third kappa shape index (κ3) is 1.66. The maximum absolute atomic E-state index is 12.2. The highest BCUT2D eigenvalue weighted by molar-refractivity contribution is 5.89. The summed E-state index contributed by atoms with van der Waals surface area (Å²) in [7, 11) is 0. The average Bonchev–Trinajstić information content (AvgIpc) is 2.03. The summed E-state index contributed by atoms with van der Waals surface area (Å²) in [6, 6.07) is 0.938. The summed E-state index contributed by atoms with van der Waals surface area (Å²) in [6.45, 7) is 3.42. The Bertz CT molecular complexity index is 336. The lowest BCUT2D eigenvalue weighted by Gasteiger charge is -1.97. The number of rotatable bonds is 2. The van der Waals surface area contributed by atoms with Crippen molar-refractivity contribution >= 4 is 17.9 Å². The summed E-state index contributed by atoms with van der Waals surface area (Å²) in [5.41, 5.74) is 5.58. The first-order valence-corrected chi connectivity index (χ1v) is 3.23. The fraction of sp³-hybridized carbons (Fsp3) is 0. The Morgan fingerprint density at radius 2 is 2.33 bits per heavy atom. The summed E-state index contributed by atoms with van der Waals surface area (Å²) in [6.07, 6.45) is 1.39. The number of pyridine rings is 1. The zero-order chi connectivity index (χ0) is 9.14. The molecule has 0 bridgehead atoms. The van der Waals surface area contributed by atoms with Gasteiger partial charge in [0, 0.05) is 0 Å². The first kappa shape index (κ1) is 8.39. The van der Waals surface area contributed by atoms with Crippen molar-refractivity contribution in [1.29, 1.82) is 0 Å². The molecule has 2 N–H and O–H groups in total. The molecule has 0 saturated carbocycles. The number of anilines is 1. The number of halogens is 1. The van der Waals surface area contributed by atoms with Gasteiger partial charge in [0.2, 0.25) is 0 Å². The van der Waals surface area contributed by atoms with Crippen molar-refractivity contribution in [3.05, 3.63) is 30.0 Å². The molecule has 1 aromatic rings. The van der Waals surface area contributed by atoms with E-state index in [1.165, 1.54) is 18.2 Å². The molecule has 0 aromatic carbocycles. The molecule has 1 aromatic heterocycles. The largest absolute Gasteiger partial charge is 0.384 e. The van der Waals surface area contributed by atoms with E-state index in [2.05, 4.69) is 11.6 Å². The first-order chi connectivity index (χ1) is 5.63. The topological polar surface area (TPSA) is 56.0 Å². The molecule has 0 unspecified atom stereocenters. The minimum Gasteiger partial charge on any atom is -0.384 e. The van der Waals surface area contributed by atoms with Crippen molar-refractivity contribution in [2.24, 2.45) is 0 Å². The number of nitrogens with zero attached hydrogens (tertiary/aromatic N) is 1. The van der Waals surface area contributed by atoms with Gasteiger partial charge in [0.1, 0.15) is 5.82 Å². The second kappa shape index (κ2) is 3.13. The van der Waals surface area contributed by atoms with Gasteiger partial charge in [0.05, 0.1) is 11.3 Å². The van der Waals surface area contributed by atoms with Gasteiger partial charge < -0.3 is 5.73 Å². The van der Waals surface area contributed by atoms with Gasteiger partial charge in [-0.3, -0.25) is 4.79 Å². The fourth-order valence-corrected chi connectivity index (χ4v) is 0.792. The van der Waals surface area contributed by atoms with Gasteiger partial charge in [-0.25, -0.2) is 4.98 Å². The van der Waals surface area contributed by atoms with Crippen LogP contribution < -0.4 is 5.73 Å². The highest BCUT2D eigenvalue weighted by Gasteiger charge is 2.05. The third-order valence-electron chi connectivity index (χ3n) is 1.30. The summed E-state index contributed by atoms with van der Waals surface area (Å²) in [5, 5.41) is 0. The molecule has 12 heavy (non-hydrogen) atoms. The molecular formula is C8H7FN2O. The van der Waals surface area contributed by atoms with E-state index in [0.29, 0.717) is 5.69 Å². The standard InChI is InChI=1S/C8H7FN2O/c1-2-6-3-5(8(9)12)4-7(10)11-6/h2-4H,1H2,(H2,10,11). The van der Waals surface area contributed by atoms with Crippen LogP contribution in [0.2, 0.25) is 0 Å². The summed E-state index contributed by atoms with van der Waals surface area (Å²) in [5.74, 6) is 0.105. The van der Waals surface area contributed by atoms with Gasteiger partial charge in [-0.2, -0.15) is 4.39 Å². The first-order valence-electron chi connectivity index (χ1n) is 3.23. The Kier molecular flexibility index (Phi) is 2.19. The Hall–Kier alpha value is -1.71. The van der Waals surface area contributed by atoms with Crippen molar-refractivity contribution in [3.63, 3.8) is 0 Å². The average molecular weight is 166 g/mol. The number of nitrogens with two attached hydrogens (primary N) is 1. The van der Waals surface area contributed by atoms with Crippen LogP contribution in [-0.2, 0) is 0 Å². The molecule has 3 nitrogen and oxygen atoms in total. The van der Waals surface area contributed by atoms with Crippen molar-refractivity contribution in [2.45, 2.75) is 0 Å². The molecule has 4 heteroatoms. The van der Waals surface area contributed by atoms with Crippen LogP contribution in [0.15, 0.2) is 18.7 Å². The third-order valence-corrected chi connectivity index (χ3v) is 1.30. The number of hydrogen-bond acceptors (Lipinski definition) is 3. The quantitative estimate of drug-likeness (QED) is 0.676. The van der Waals surface area contributed by atoms with Crippen molar-refractivity contribution in [3.8, 4) is 0 Å². The van der Waals surface area contributed by atoms with E-state index in [1.807, 2.05) is 0 Å². The van der Waals surface area contributed by atoms with Gasteiger partial charge in [-0.05, 0) is 18.2 Å². The molecule has 0 aliphatic carbocycles. The van der Waals surface area contributed by atoms with E-state index in [1.54, 1.807) is 0 Å².